The van der Waals surface area contributed by atoms with Gasteiger partial charge < -0.3 is 0 Å². The smallest absolute Gasteiger partial charge is 0.288 e. The molecule has 1 fully saturated rings. The van der Waals surface area contributed by atoms with E-state index in [4.69, 9.17) is 0 Å². The summed E-state index contributed by atoms with van der Waals surface area (Å²) in [6, 6.07) is 8.13. The maximum atomic E-state index is 13.1. The summed E-state index contributed by atoms with van der Waals surface area (Å²) in [7, 11) is 0. The second kappa shape index (κ2) is 6.93. The number of aryl methyl sites for hydroxylation is 1. The van der Waals surface area contributed by atoms with E-state index >= 15 is 0 Å². The van der Waals surface area contributed by atoms with E-state index in [-0.39, 0.29) is 25.3 Å². The van der Waals surface area contributed by atoms with Gasteiger partial charge in [0.15, 0.2) is 0 Å². The number of unbranched alkanes of at least 4 members (excludes halogenated alkanes) is 1. The van der Waals surface area contributed by atoms with Crippen molar-refractivity contribution in [2.24, 2.45) is 0 Å². The summed E-state index contributed by atoms with van der Waals surface area (Å²) in [5, 5.41) is 1.03. The van der Waals surface area contributed by atoms with Crippen molar-refractivity contribution in [3.05, 3.63) is 35.9 Å². The Bertz CT molecular complexity index is 462. The number of hydrogen-bond donors (Lipinski definition) is 1. The molecule has 0 aromatic heterocycles. The summed E-state index contributed by atoms with van der Waals surface area (Å²) in [4.78, 5) is 11.1. The van der Waals surface area contributed by atoms with Gasteiger partial charge in [-0.1, -0.05) is 36.8 Å². The van der Waals surface area contributed by atoms with Crippen LogP contribution in [0.4, 0.5) is 13.2 Å². The Morgan fingerprint density at radius 1 is 1.19 bits per heavy atom. The average molecular weight is 300 g/mol. The van der Waals surface area contributed by atoms with E-state index in [0.29, 0.717) is 12.8 Å². The second-order valence-corrected chi connectivity index (χ2v) is 5.27. The minimum atomic E-state index is -4.32. The van der Waals surface area contributed by atoms with Gasteiger partial charge in [-0.25, -0.2) is 5.01 Å². The molecule has 0 unspecified atom stereocenters. The van der Waals surface area contributed by atoms with Crippen LogP contribution in [0.5, 0.6) is 0 Å². The van der Waals surface area contributed by atoms with Crippen LogP contribution in [0.15, 0.2) is 30.3 Å². The molecule has 3 nitrogen and oxygen atoms in total. The third-order valence-electron chi connectivity index (χ3n) is 3.64. The van der Waals surface area contributed by atoms with Crippen LogP contribution in [0.1, 0.15) is 31.2 Å². The van der Waals surface area contributed by atoms with Crippen molar-refractivity contribution in [2.45, 2.75) is 44.3 Å². The quantitative estimate of drug-likeness (QED) is 0.819. The molecule has 21 heavy (non-hydrogen) atoms. The Kier molecular flexibility index (Phi) is 5.22. The van der Waals surface area contributed by atoms with Gasteiger partial charge in [-0.15, -0.1) is 0 Å². The first kappa shape index (κ1) is 15.8. The van der Waals surface area contributed by atoms with Crippen LogP contribution in [0, 0.1) is 0 Å². The number of benzene rings is 1. The van der Waals surface area contributed by atoms with E-state index in [9.17, 15) is 18.0 Å². The Morgan fingerprint density at radius 3 is 2.48 bits per heavy atom. The van der Waals surface area contributed by atoms with E-state index in [2.05, 4.69) is 5.43 Å². The van der Waals surface area contributed by atoms with Crippen LogP contribution < -0.4 is 5.43 Å². The average Bonchev–Trinajstić information content (AvgIpc) is 2.84. The summed E-state index contributed by atoms with van der Waals surface area (Å²) < 4.78 is 39.2. The first-order chi connectivity index (χ1) is 9.97. The molecule has 1 N–H and O–H groups in total. The fraction of sp³-hybridized carbons (Fsp3) is 0.533. The van der Waals surface area contributed by atoms with Crippen LogP contribution in [0.25, 0.3) is 0 Å². The van der Waals surface area contributed by atoms with Gasteiger partial charge in [0.2, 0.25) is 5.91 Å². The van der Waals surface area contributed by atoms with E-state index in [1.165, 1.54) is 0 Å². The molecule has 1 saturated heterocycles. The zero-order valence-electron chi connectivity index (χ0n) is 11.7. The van der Waals surface area contributed by atoms with Crippen molar-refractivity contribution in [1.29, 1.82) is 0 Å². The van der Waals surface area contributed by atoms with Crippen molar-refractivity contribution in [1.82, 2.24) is 10.4 Å². The minimum Gasteiger partial charge on any atom is -0.288 e. The largest absolute Gasteiger partial charge is 0.405 e. The predicted molar refractivity (Wildman–Crippen MR) is 73.3 cm³/mol. The van der Waals surface area contributed by atoms with E-state index in [1.807, 2.05) is 30.3 Å². The van der Waals surface area contributed by atoms with Gasteiger partial charge in [-0.2, -0.15) is 13.2 Å². The molecule has 1 amide bonds. The lowest BCUT2D eigenvalue weighted by Crippen LogP contribution is -2.49. The highest BCUT2D eigenvalue weighted by Crippen LogP contribution is 2.29. The standard InChI is InChI=1S/C15H19F3N2O/c16-15(17,18)13(20-11-10-14(21)19-20)9-5-4-8-12-6-2-1-3-7-12/h1-3,6-7,13H,4-5,8-11H2,(H,19,21)/t13-/m0/s1. The number of nitrogens with zero attached hydrogens (tertiary/aromatic N) is 1. The maximum Gasteiger partial charge on any atom is 0.405 e. The number of alkyl halides is 3. The van der Waals surface area contributed by atoms with Gasteiger partial charge in [-0.3, -0.25) is 10.2 Å². The fourth-order valence-electron chi connectivity index (χ4n) is 2.54. The van der Waals surface area contributed by atoms with Crippen LogP contribution in [-0.4, -0.2) is 29.7 Å². The van der Waals surface area contributed by atoms with Gasteiger partial charge in [0.25, 0.3) is 0 Å². The summed E-state index contributed by atoms with van der Waals surface area (Å²) in [5.74, 6) is -0.339. The molecule has 0 radical (unpaired) electrons. The molecular weight excluding hydrogens is 281 g/mol. The summed E-state index contributed by atoms with van der Waals surface area (Å²) in [6.45, 7) is 0.127. The third kappa shape index (κ3) is 4.74. The number of halogens is 3. The maximum absolute atomic E-state index is 13.1. The van der Waals surface area contributed by atoms with Crippen LogP contribution in [0.3, 0.4) is 0 Å². The van der Waals surface area contributed by atoms with Gasteiger partial charge in [-0.05, 0) is 24.8 Å². The minimum absolute atomic E-state index is 0.0105. The van der Waals surface area contributed by atoms with E-state index < -0.39 is 12.2 Å². The number of rotatable bonds is 6. The molecule has 0 bridgehead atoms. The van der Waals surface area contributed by atoms with Crippen molar-refractivity contribution in [2.75, 3.05) is 6.54 Å². The van der Waals surface area contributed by atoms with Crippen molar-refractivity contribution in [3.8, 4) is 0 Å². The van der Waals surface area contributed by atoms with Crippen molar-refractivity contribution in [3.63, 3.8) is 0 Å². The van der Waals surface area contributed by atoms with Crippen LogP contribution in [0.2, 0.25) is 0 Å². The normalized spacial score (nSPS) is 17.8. The zero-order valence-corrected chi connectivity index (χ0v) is 11.7. The Morgan fingerprint density at radius 2 is 1.90 bits per heavy atom. The van der Waals surface area contributed by atoms with Gasteiger partial charge in [0.05, 0.1) is 0 Å². The topological polar surface area (TPSA) is 32.3 Å². The van der Waals surface area contributed by atoms with Crippen LogP contribution in [-0.2, 0) is 11.2 Å². The monoisotopic (exact) mass is 300 g/mol. The van der Waals surface area contributed by atoms with Crippen molar-refractivity contribution < 1.29 is 18.0 Å². The molecule has 0 aliphatic carbocycles. The third-order valence-corrected chi connectivity index (χ3v) is 3.64. The number of carbonyl (C=O) groups is 1. The highest BCUT2D eigenvalue weighted by atomic mass is 19.4. The molecule has 1 aromatic carbocycles. The fourth-order valence-corrected chi connectivity index (χ4v) is 2.54. The first-order valence-electron chi connectivity index (χ1n) is 7.13. The highest BCUT2D eigenvalue weighted by Gasteiger charge is 2.45. The summed E-state index contributed by atoms with van der Waals surface area (Å²) >= 11 is 0. The molecule has 0 spiro atoms. The second-order valence-electron chi connectivity index (χ2n) is 5.27. The van der Waals surface area contributed by atoms with E-state index in [0.717, 1.165) is 17.0 Å². The predicted octanol–water partition coefficient (Wildman–Crippen LogP) is 3.07. The molecule has 1 aromatic rings. The number of carbonyl (C=O) groups excluding carboxylic acids is 1. The molecule has 1 aliphatic rings. The Balaban J connectivity index is 1.81. The number of nitrogens with one attached hydrogen (secondary N) is 1. The number of amides is 1. The lowest BCUT2D eigenvalue weighted by molar-refractivity contribution is -0.190. The van der Waals surface area contributed by atoms with Crippen LogP contribution >= 0.6 is 0 Å². The van der Waals surface area contributed by atoms with Gasteiger partial charge >= 0.3 is 6.18 Å². The summed E-state index contributed by atoms with van der Waals surface area (Å²) in [5.41, 5.74) is 3.43. The lowest BCUT2D eigenvalue weighted by Gasteiger charge is -2.28. The van der Waals surface area contributed by atoms with Crippen molar-refractivity contribution >= 4 is 5.91 Å². The van der Waals surface area contributed by atoms with E-state index in [1.54, 1.807) is 0 Å². The number of hydrazine groups is 1. The SMILES string of the molecule is O=C1CCN([C@@H](CCCCc2ccccc2)C(F)(F)F)N1. The zero-order chi connectivity index (χ0) is 15.3. The van der Waals surface area contributed by atoms with Gasteiger partial charge in [0, 0.05) is 13.0 Å². The molecule has 1 aliphatic heterocycles. The molecule has 0 saturated carbocycles. The summed E-state index contributed by atoms with van der Waals surface area (Å²) in [6.07, 6.45) is -2.21. The molecule has 6 heteroatoms. The van der Waals surface area contributed by atoms with Gasteiger partial charge in [0.1, 0.15) is 6.04 Å². The first-order valence-corrected chi connectivity index (χ1v) is 7.13. The Labute approximate surface area is 122 Å². The molecule has 116 valence electrons. The molecular formula is C15H19F3N2O. The molecule has 1 atom stereocenters. The Hall–Kier alpha value is -1.56. The highest BCUT2D eigenvalue weighted by molar-refractivity contribution is 5.77. The number of hydrogen-bond acceptors (Lipinski definition) is 2. The lowest BCUT2D eigenvalue weighted by atomic mass is 10.0. The molecule has 2 rings (SSSR count). The molecule has 1 heterocycles.